The maximum atomic E-state index is 6.10. The molecule has 0 saturated heterocycles. The van der Waals surface area contributed by atoms with Gasteiger partial charge in [-0.1, -0.05) is 29.3 Å². The molecule has 0 aliphatic carbocycles. The molecule has 20 heavy (non-hydrogen) atoms. The molecule has 0 unspecified atom stereocenters. The zero-order chi connectivity index (χ0) is 14.1. The SMILES string of the molecule is Cn1cnc2cc(N=Cc3ccc(Cl)cc3Cl)ccc21. The molecule has 1 aromatic heterocycles. The molecule has 100 valence electrons. The van der Waals surface area contributed by atoms with Crippen LogP contribution < -0.4 is 0 Å². The summed E-state index contributed by atoms with van der Waals surface area (Å²) in [5.74, 6) is 0. The Bertz CT molecular complexity index is 806. The van der Waals surface area contributed by atoms with E-state index >= 15 is 0 Å². The van der Waals surface area contributed by atoms with E-state index in [1.54, 1.807) is 24.7 Å². The summed E-state index contributed by atoms with van der Waals surface area (Å²) in [6, 6.07) is 11.2. The van der Waals surface area contributed by atoms with E-state index in [1.165, 1.54) is 0 Å². The van der Waals surface area contributed by atoms with Gasteiger partial charge in [-0.25, -0.2) is 4.98 Å². The molecule has 0 saturated carbocycles. The minimum absolute atomic E-state index is 0.583. The lowest BCUT2D eigenvalue weighted by atomic mass is 10.2. The van der Waals surface area contributed by atoms with Crippen LogP contribution in [0.3, 0.4) is 0 Å². The molecule has 2 aromatic carbocycles. The Hall–Kier alpha value is -1.84. The van der Waals surface area contributed by atoms with Gasteiger partial charge in [-0.3, -0.25) is 4.99 Å². The lowest BCUT2D eigenvalue weighted by Gasteiger charge is -1.99. The van der Waals surface area contributed by atoms with Crippen LogP contribution >= 0.6 is 23.2 Å². The fraction of sp³-hybridized carbons (Fsp3) is 0.0667. The predicted octanol–water partition coefficient (Wildman–Crippen LogP) is 4.63. The highest BCUT2D eigenvalue weighted by Gasteiger charge is 2.01. The van der Waals surface area contributed by atoms with Crippen molar-refractivity contribution in [2.24, 2.45) is 12.0 Å². The summed E-state index contributed by atoms with van der Waals surface area (Å²) < 4.78 is 1.97. The zero-order valence-electron chi connectivity index (χ0n) is 10.7. The Kier molecular flexibility index (Phi) is 3.47. The highest BCUT2D eigenvalue weighted by atomic mass is 35.5. The summed E-state index contributed by atoms with van der Waals surface area (Å²) in [6.07, 6.45) is 3.51. The Morgan fingerprint density at radius 1 is 1.15 bits per heavy atom. The van der Waals surface area contributed by atoms with E-state index in [2.05, 4.69) is 9.98 Å². The number of benzene rings is 2. The highest BCUT2D eigenvalue weighted by molar-refractivity contribution is 6.36. The van der Waals surface area contributed by atoms with Crippen molar-refractivity contribution in [3.63, 3.8) is 0 Å². The third-order valence-electron chi connectivity index (χ3n) is 3.02. The summed E-state index contributed by atoms with van der Waals surface area (Å²) in [6.45, 7) is 0. The molecule has 0 amide bonds. The van der Waals surface area contributed by atoms with Crippen molar-refractivity contribution in [3.8, 4) is 0 Å². The number of fused-ring (bicyclic) bond motifs is 1. The van der Waals surface area contributed by atoms with Crippen LogP contribution in [0, 0.1) is 0 Å². The number of imidazole rings is 1. The van der Waals surface area contributed by atoms with Crippen molar-refractivity contribution in [1.82, 2.24) is 9.55 Å². The number of halogens is 2. The summed E-state index contributed by atoms with van der Waals surface area (Å²) in [5, 5.41) is 1.20. The van der Waals surface area contributed by atoms with Crippen molar-refractivity contribution in [2.75, 3.05) is 0 Å². The summed E-state index contributed by atoms with van der Waals surface area (Å²) in [5.41, 5.74) is 3.66. The number of nitrogens with zero attached hydrogens (tertiary/aromatic N) is 3. The van der Waals surface area contributed by atoms with E-state index in [0.29, 0.717) is 10.0 Å². The van der Waals surface area contributed by atoms with Crippen LogP contribution in [0.4, 0.5) is 5.69 Å². The first-order valence-corrected chi connectivity index (χ1v) is 6.79. The van der Waals surface area contributed by atoms with Crippen LogP contribution in [-0.2, 0) is 7.05 Å². The second kappa shape index (κ2) is 5.27. The molecule has 3 rings (SSSR count). The van der Waals surface area contributed by atoms with Gasteiger partial charge in [0.05, 0.1) is 28.1 Å². The minimum atomic E-state index is 0.583. The molecule has 0 radical (unpaired) electrons. The summed E-state index contributed by atoms with van der Waals surface area (Å²) >= 11 is 12.0. The molecule has 3 aromatic rings. The topological polar surface area (TPSA) is 30.2 Å². The second-order valence-electron chi connectivity index (χ2n) is 4.45. The highest BCUT2D eigenvalue weighted by Crippen LogP contribution is 2.22. The van der Waals surface area contributed by atoms with Crippen LogP contribution in [0.25, 0.3) is 11.0 Å². The van der Waals surface area contributed by atoms with Crippen LogP contribution in [0.5, 0.6) is 0 Å². The molecular formula is C15H11Cl2N3. The third-order valence-corrected chi connectivity index (χ3v) is 3.59. The van der Waals surface area contributed by atoms with Gasteiger partial charge >= 0.3 is 0 Å². The summed E-state index contributed by atoms with van der Waals surface area (Å²) in [4.78, 5) is 8.73. The predicted molar refractivity (Wildman–Crippen MR) is 84.4 cm³/mol. The number of rotatable bonds is 2. The van der Waals surface area contributed by atoms with Gasteiger partial charge in [-0.15, -0.1) is 0 Å². The van der Waals surface area contributed by atoms with Gasteiger partial charge in [0.2, 0.25) is 0 Å². The van der Waals surface area contributed by atoms with Gasteiger partial charge in [0.25, 0.3) is 0 Å². The van der Waals surface area contributed by atoms with E-state index in [0.717, 1.165) is 22.3 Å². The number of hydrogen-bond donors (Lipinski definition) is 0. The van der Waals surface area contributed by atoms with E-state index in [9.17, 15) is 0 Å². The smallest absolute Gasteiger partial charge is 0.0955 e. The summed E-state index contributed by atoms with van der Waals surface area (Å²) in [7, 11) is 1.96. The maximum absolute atomic E-state index is 6.10. The lowest BCUT2D eigenvalue weighted by Crippen LogP contribution is -1.83. The number of aryl methyl sites for hydroxylation is 1. The van der Waals surface area contributed by atoms with E-state index in [4.69, 9.17) is 23.2 Å². The van der Waals surface area contributed by atoms with Gasteiger partial charge in [-0.05, 0) is 30.3 Å². The molecule has 3 nitrogen and oxygen atoms in total. The van der Waals surface area contributed by atoms with Gasteiger partial charge in [0.1, 0.15) is 0 Å². The van der Waals surface area contributed by atoms with Crippen LogP contribution in [-0.4, -0.2) is 15.8 Å². The van der Waals surface area contributed by atoms with E-state index in [-0.39, 0.29) is 0 Å². The van der Waals surface area contributed by atoms with Crippen LogP contribution in [0.15, 0.2) is 47.7 Å². The molecule has 0 spiro atoms. The Balaban J connectivity index is 1.93. The Morgan fingerprint density at radius 2 is 2.00 bits per heavy atom. The first-order valence-electron chi connectivity index (χ1n) is 6.04. The molecule has 0 N–H and O–H groups in total. The molecule has 0 bridgehead atoms. The van der Waals surface area contributed by atoms with Crippen LogP contribution in [0.2, 0.25) is 10.0 Å². The van der Waals surface area contributed by atoms with E-state index < -0.39 is 0 Å². The second-order valence-corrected chi connectivity index (χ2v) is 5.30. The van der Waals surface area contributed by atoms with Crippen LogP contribution in [0.1, 0.15) is 5.56 Å². The molecule has 5 heteroatoms. The number of aliphatic imine (C=N–C) groups is 1. The molecule has 0 atom stereocenters. The average molecular weight is 304 g/mol. The molecular weight excluding hydrogens is 293 g/mol. The average Bonchev–Trinajstić information content (AvgIpc) is 2.79. The number of hydrogen-bond acceptors (Lipinski definition) is 2. The first-order chi connectivity index (χ1) is 9.63. The minimum Gasteiger partial charge on any atom is -0.334 e. The van der Waals surface area contributed by atoms with Gasteiger partial charge in [0.15, 0.2) is 0 Å². The monoisotopic (exact) mass is 303 g/mol. The first kappa shape index (κ1) is 13.2. The van der Waals surface area contributed by atoms with Crippen molar-refractivity contribution in [1.29, 1.82) is 0 Å². The Labute approximate surface area is 126 Å². The van der Waals surface area contributed by atoms with E-state index in [1.807, 2.05) is 35.9 Å². The lowest BCUT2D eigenvalue weighted by molar-refractivity contribution is 0.948. The maximum Gasteiger partial charge on any atom is 0.0955 e. The molecule has 1 heterocycles. The van der Waals surface area contributed by atoms with Crippen molar-refractivity contribution >= 4 is 46.1 Å². The number of aromatic nitrogens is 2. The van der Waals surface area contributed by atoms with Crippen molar-refractivity contribution in [3.05, 3.63) is 58.3 Å². The quantitative estimate of drug-likeness (QED) is 0.635. The molecule has 0 aliphatic rings. The fourth-order valence-electron chi connectivity index (χ4n) is 1.96. The molecule has 0 fully saturated rings. The molecule has 0 aliphatic heterocycles. The van der Waals surface area contributed by atoms with Gasteiger partial charge < -0.3 is 4.57 Å². The van der Waals surface area contributed by atoms with Gasteiger partial charge in [-0.2, -0.15) is 0 Å². The normalized spacial score (nSPS) is 11.6. The largest absolute Gasteiger partial charge is 0.334 e. The third kappa shape index (κ3) is 2.55. The van der Waals surface area contributed by atoms with Gasteiger partial charge in [0, 0.05) is 23.8 Å². The van der Waals surface area contributed by atoms with Crippen molar-refractivity contribution < 1.29 is 0 Å². The fourth-order valence-corrected chi connectivity index (χ4v) is 2.41. The Morgan fingerprint density at radius 3 is 2.80 bits per heavy atom. The standard InChI is InChI=1S/C15H11Cl2N3/c1-20-9-19-14-7-12(4-5-15(14)20)18-8-10-2-3-11(16)6-13(10)17/h2-9H,1H3. The van der Waals surface area contributed by atoms with Crippen molar-refractivity contribution in [2.45, 2.75) is 0 Å². The zero-order valence-corrected chi connectivity index (χ0v) is 12.2.